The first-order valence-corrected chi connectivity index (χ1v) is 12.3. The first-order chi connectivity index (χ1) is 16.0. The molecule has 2 aromatic carbocycles. The number of unbranched alkanes of at least 4 members (excludes halogenated alkanes) is 3. The molecule has 1 saturated heterocycles. The number of hydrogen-bond acceptors (Lipinski definition) is 4. The van der Waals surface area contributed by atoms with Crippen LogP contribution in [-0.4, -0.2) is 36.7 Å². The molecule has 0 saturated carbocycles. The molecule has 3 rings (SSSR count). The summed E-state index contributed by atoms with van der Waals surface area (Å²) in [6, 6.07) is 13.1. The highest BCUT2D eigenvalue weighted by molar-refractivity contribution is 6.35. The molecule has 0 spiro atoms. The van der Waals surface area contributed by atoms with Crippen molar-refractivity contribution in [1.29, 1.82) is 0 Å². The van der Waals surface area contributed by atoms with Crippen molar-refractivity contribution in [3.05, 3.63) is 58.1 Å². The Hall–Kier alpha value is -2.28. The molecule has 1 aliphatic rings. The summed E-state index contributed by atoms with van der Waals surface area (Å²) in [5.74, 6) is -0.525. The van der Waals surface area contributed by atoms with Gasteiger partial charge in [0.1, 0.15) is 0 Å². The molecular formula is C25H31Cl2N3O3. The lowest BCUT2D eigenvalue weighted by molar-refractivity contribution is -0.129. The van der Waals surface area contributed by atoms with E-state index in [1.165, 1.54) is 24.9 Å². The van der Waals surface area contributed by atoms with E-state index in [0.717, 1.165) is 38.0 Å². The van der Waals surface area contributed by atoms with E-state index in [2.05, 4.69) is 17.0 Å². The molecule has 0 aromatic heterocycles. The van der Waals surface area contributed by atoms with Gasteiger partial charge in [-0.1, -0.05) is 36.0 Å². The molecule has 1 fully saturated rings. The lowest BCUT2D eigenvalue weighted by Gasteiger charge is -2.29. The zero-order valence-electron chi connectivity index (χ0n) is 18.7. The van der Waals surface area contributed by atoms with Crippen LogP contribution in [0.1, 0.15) is 61.7 Å². The number of piperidine rings is 1. The van der Waals surface area contributed by atoms with Crippen LogP contribution in [0.2, 0.25) is 10.0 Å². The summed E-state index contributed by atoms with van der Waals surface area (Å²) in [4.78, 5) is 28.7. The van der Waals surface area contributed by atoms with Crippen molar-refractivity contribution in [3.8, 4) is 0 Å². The molecule has 2 N–H and O–H groups in total. The maximum atomic E-state index is 13.4. The number of carbonyl (C=O) groups is 2. The normalized spacial score (nSPS) is 13.6. The van der Waals surface area contributed by atoms with Gasteiger partial charge in [-0.25, -0.2) is 5.48 Å². The van der Waals surface area contributed by atoms with Crippen LogP contribution in [0, 0.1) is 0 Å². The van der Waals surface area contributed by atoms with E-state index < -0.39 is 0 Å². The van der Waals surface area contributed by atoms with Crippen molar-refractivity contribution in [2.75, 3.05) is 29.4 Å². The highest BCUT2D eigenvalue weighted by Crippen LogP contribution is 2.27. The Balaban J connectivity index is 1.70. The number of nitrogens with one attached hydrogen (secondary N) is 1. The highest BCUT2D eigenvalue weighted by atomic mass is 35.5. The summed E-state index contributed by atoms with van der Waals surface area (Å²) >= 11 is 12.3. The molecule has 0 aliphatic carbocycles. The Labute approximate surface area is 205 Å². The van der Waals surface area contributed by atoms with Gasteiger partial charge in [-0.05, 0) is 74.6 Å². The van der Waals surface area contributed by atoms with Crippen molar-refractivity contribution in [2.24, 2.45) is 0 Å². The standard InChI is InChI=1S/C25H31Cl2N3O3/c26-20-16-19(17-21(27)18-20)25(32)30(15-7-2-1-4-8-24(31)28-33)23-11-9-22(10-12-23)29-13-5-3-6-14-29/h9-12,16-18,33H,1-8,13-15H2,(H,28,31). The molecule has 0 unspecified atom stereocenters. The van der Waals surface area contributed by atoms with Crippen LogP contribution < -0.4 is 15.3 Å². The minimum atomic E-state index is -0.376. The second-order valence-electron chi connectivity index (χ2n) is 8.38. The van der Waals surface area contributed by atoms with Gasteiger partial charge in [0.2, 0.25) is 5.91 Å². The third kappa shape index (κ3) is 7.63. The van der Waals surface area contributed by atoms with Crippen LogP contribution in [0.15, 0.2) is 42.5 Å². The molecule has 6 nitrogen and oxygen atoms in total. The second-order valence-corrected chi connectivity index (χ2v) is 9.25. The zero-order valence-corrected chi connectivity index (χ0v) is 20.2. The van der Waals surface area contributed by atoms with Crippen LogP contribution in [0.25, 0.3) is 0 Å². The van der Waals surface area contributed by atoms with Gasteiger partial charge in [0.05, 0.1) is 0 Å². The predicted molar refractivity (Wildman–Crippen MR) is 134 cm³/mol. The van der Waals surface area contributed by atoms with Gasteiger partial charge in [0, 0.05) is 53.0 Å². The molecule has 1 aliphatic heterocycles. The molecule has 33 heavy (non-hydrogen) atoms. The zero-order chi connectivity index (χ0) is 23.6. The first-order valence-electron chi connectivity index (χ1n) is 11.5. The van der Waals surface area contributed by atoms with E-state index in [0.29, 0.717) is 28.6 Å². The lowest BCUT2D eigenvalue weighted by atomic mass is 10.1. The Morgan fingerprint density at radius 1 is 0.909 bits per heavy atom. The van der Waals surface area contributed by atoms with Crippen molar-refractivity contribution in [2.45, 2.75) is 51.4 Å². The van der Waals surface area contributed by atoms with E-state index in [9.17, 15) is 9.59 Å². The number of hydroxylamine groups is 1. The van der Waals surface area contributed by atoms with Crippen molar-refractivity contribution in [1.82, 2.24) is 5.48 Å². The van der Waals surface area contributed by atoms with Crippen LogP contribution in [0.3, 0.4) is 0 Å². The van der Waals surface area contributed by atoms with E-state index in [4.69, 9.17) is 28.4 Å². The fourth-order valence-electron chi connectivity index (χ4n) is 4.14. The fourth-order valence-corrected chi connectivity index (χ4v) is 4.67. The van der Waals surface area contributed by atoms with Crippen molar-refractivity contribution >= 4 is 46.4 Å². The van der Waals surface area contributed by atoms with Crippen LogP contribution in [-0.2, 0) is 4.79 Å². The van der Waals surface area contributed by atoms with E-state index in [-0.39, 0.29) is 18.2 Å². The first kappa shape index (κ1) is 25.3. The Kier molecular flexibility index (Phi) is 9.85. The predicted octanol–water partition coefficient (Wildman–Crippen LogP) is 6.09. The van der Waals surface area contributed by atoms with Crippen molar-refractivity contribution in [3.63, 3.8) is 0 Å². The highest BCUT2D eigenvalue weighted by Gasteiger charge is 2.19. The Morgan fingerprint density at radius 2 is 1.55 bits per heavy atom. The molecule has 178 valence electrons. The summed E-state index contributed by atoms with van der Waals surface area (Å²) in [5, 5.41) is 9.43. The third-order valence-electron chi connectivity index (χ3n) is 5.90. The maximum Gasteiger partial charge on any atom is 0.258 e. The van der Waals surface area contributed by atoms with Crippen LogP contribution >= 0.6 is 23.2 Å². The molecule has 8 heteroatoms. The minimum Gasteiger partial charge on any atom is -0.372 e. The average Bonchev–Trinajstić information content (AvgIpc) is 2.83. The SMILES string of the molecule is O=C(CCCCCCN(C(=O)c1cc(Cl)cc(Cl)c1)c1ccc(N2CCCCC2)cc1)NO. The number of hydrogen-bond donors (Lipinski definition) is 2. The quantitative estimate of drug-likeness (QED) is 0.239. The van der Waals surface area contributed by atoms with E-state index in [1.807, 2.05) is 12.1 Å². The van der Waals surface area contributed by atoms with Gasteiger partial charge in [-0.3, -0.25) is 14.8 Å². The number of benzene rings is 2. The monoisotopic (exact) mass is 491 g/mol. The summed E-state index contributed by atoms with van der Waals surface area (Å²) in [5.41, 5.74) is 4.11. The number of rotatable bonds is 10. The summed E-state index contributed by atoms with van der Waals surface area (Å²) in [6.45, 7) is 2.67. The molecule has 2 aromatic rings. The van der Waals surface area contributed by atoms with Gasteiger partial charge in [-0.2, -0.15) is 0 Å². The van der Waals surface area contributed by atoms with E-state index in [1.54, 1.807) is 28.6 Å². The molecule has 0 radical (unpaired) electrons. The third-order valence-corrected chi connectivity index (χ3v) is 6.33. The van der Waals surface area contributed by atoms with Gasteiger partial charge in [-0.15, -0.1) is 0 Å². The smallest absolute Gasteiger partial charge is 0.258 e. The topological polar surface area (TPSA) is 72.9 Å². The molecule has 2 amide bonds. The van der Waals surface area contributed by atoms with Gasteiger partial charge >= 0.3 is 0 Å². The Bertz CT molecular complexity index is 911. The van der Waals surface area contributed by atoms with Gasteiger partial charge in [0.25, 0.3) is 5.91 Å². The summed E-state index contributed by atoms with van der Waals surface area (Å²) < 4.78 is 0. The largest absolute Gasteiger partial charge is 0.372 e. The second kappa shape index (κ2) is 12.8. The number of nitrogens with zero attached hydrogens (tertiary/aromatic N) is 2. The fraction of sp³-hybridized carbons (Fsp3) is 0.440. The minimum absolute atomic E-state index is 0.148. The Morgan fingerprint density at radius 3 is 2.18 bits per heavy atom. The molecule has 0 bridgehead atoms. The maximum absolute atomic E-state index is 13.4. The molecular weight excluding hydrogens is 461 g/mol. The molecule has 1 heterocycles. The van der Waals surface area contributed by atoms with Crippen LogP contribution in [0.4, 0.5) is 11.4 Å². The number of anilines is 2. The average molecular weight is 492 g/mol. The van der Waals surface area contributed by atoms with Crippen LogP contribution in [0.5, 0.6) is 0 Å². The van der Waals surface area contributed by atoms with Gasteiger partial charge in [0.15, 0.2) is 0 Å². The molecule has 0 atom stereocenters. The summed E-state index contributed by atoms with van der Waals surface area (Å²) in [6.07, 6.45) is 7.17. The number of carbonyl (C=O) groups excluding carboxylic acids is 2. The number of amides is 2. The number of halogens is 2. The van der Waals surface area contributed by atoms with Crippen molar-refractivity contribution < 1.29 is 14.8 Å². The van der Waals surface area contributed by atoms with E-state index >= 15 is 0 Å². The van der Waals surface area contributed by atoms with Gasteiger partial charge < -0.3 is 9.80 Å². The lowest BCUT2D eigenvalue weighted by Crippen LogP contribution is -2.32. The summed E-state index contributed by atoms with van der Waals surface area (Å²) in [7, 11) is 0.